The van der Waals surface area contributed by atoms with E-state index in [1.165, 1.54) is 5.56 Å². The van der Waals surface area contributed by atoms with Gasteiger partial charge >= 0.3 is 0 Å². The average molecular weight is 266 g/mol. The van der Waals surface area contributed by atoms with Gasteiger partial charge in [0.15, 0.2) is 5.65 Å². The van der Waals surface area contributed by atoms with Crippen molar-refractivity contribution in [2.24, 2.45) is 12.8 Å². The van der Waals surface area contributed by atoms with Crippen molar-refractivity contribution in [3.05, 3.63) is 60.0 Å². The highest BCUT2D eigenvalue weighted by atomic mass is 15.1. The van der Waals surface area contributed by atoms with Crippen LogP contribution in [0.3, 0.4) is 0 Å². The van der Waals surface area contributed by atoms with Gasteiger partial charge in [0.25, 0.3) is 0 Å². The van der Waals surface area contributed by atoms with Gasteiger partial charge in [-0.3, -0.25) is 0 Å². The Bertz CT molecular complexity index is 703. The Morgan fingerprint density at radius 2 is 1.95 bits per heavy atom. The fourth-order valence-electron chi connectivity index (χ4n) is 2.47. The van der Waals surface area contributed by atoms with Crippen molar-refractivity contribution < 1.29 is 0 Å². The molecule has 0 aliphatic carbocycles. The van der Waals surface area contributed by atoms with E-state index in [-0.39, 0.29) is 6.04 Å². The summed E-state index contributed by atoms with van der Waals surface area (Å²) in [6.07, 6.45) is 3.59. The third kappa shape index (κ3) is 2.42. The lowest BCUT2D eigenvalue weighted by molar-refractivity contribution is 0.592. The number of nitrogens with zero attached hydrogens (tertiary/aromatic N) is 3. The zero-order valence-electron chi connectivity index (χ0n) is 11.5. The van der Waals surface area contributed by atoms with Crippen molar-refractivity contribution in [1.29, 1.82) is 0 Å². The highest BCUT2D eigenvalue weighted by molar-refractivity contribution is 5.71. The van der Waals surface area contributed by atoms with Crippen LogP contribution in [0, 0.1) is 0 Å². The second-order valence-corrected chi connectivity index (χ2v) is 5.01. The molecule has 4 nitrogen and oxygen atoms in total. The molecule has 2 heterocycles. The molecule has 0 aliphatic heterocycles. The average Bonchev–Trinajstić information content (AvgIpc) is 2.84. The third-order valence-corrected chi connectivity index (χ3v) is 3.61. The van der Waals surface area contributed by atoms with Crippen LogP contribution in [0.25, 0.3) is 11.2 Å². The first kappa shape index (κ1) is 12.8. The van der Waals surface area contributed by atoms with E-state index >= 15 is 0 Å². The van der Waals surface area contributed by atoms with Gasteiger partial charge in [0, 0.05) is 13.2 Å². The van der Waals surface area contributed by atoms with Gasteiger partial charge in [0.2, 0.25) is 0 Å². The summed E-state index contributed by atoms with van der Waals surface area (Å²) in [5.41, 5.74) is 9.39. The molecule has 0 saturated carbocycles. The van der Waals surface area contributed by atoms with Crippen LogP contribution in [-0.2, 0) is 13.5 Å². The maximum Gasteiger partial charge on any atom is 0.177 e. The molecule has 1 aromatic carbocycles. The lowest BCUT2D eigenvalue weighted by Crippen LogP contribution is -2.16. The molecule has 2 N–H and O–H groups in total. The molecule has 0 spiro atoms. The highest BCUT2D eigenvalue weighted by Crippen LogP contribution is 2.20. The molecule has 0 bridgehead atoms. The van der Waals surface area contributed by atoms with Crippen LogP contribution >= 0.6 is 0 Å². The van der Waals surface area contributed by atoms with E-state index in [0.717, 1.165) is 29.8 Å². The lowest BCUT2D eigenvalue weighted by atomic mass is 10.1. The van der Waals surface area contributed by atoms with Gasteiger partial charge in [0.05, 0.1) is 11.6 Å². The normalized spacial score (nSPS) is 12.7. The first-order chi connectivity index (χ1) is 9.75. The summed E-state index contributed by atoms with van der Waals surface area (Å²) < 4.78 is 2.04. The summed E-state index contributed by atoms with van der Waals surface area (Å²) in [6, 6.07) is 14.3. The van der Waals surface area contributed by atoms with Crippen LogP contribution in [0.4, 0.5) is 0 Å². The quantitative estimate of drug-likeness (QED) is 0.789. The van der Waals surface area contributed by atoms with E-state index in [1.807, 2.05) is 29.8 Å². The van der Waals surface area contributed by atoms with Crippen molar-refractivity contribution in [3.8, 4) is 0 Å². The van der Waals surface area contributed by atoms with E-state index in [2.05, 4.69) is 34.2 Å². The number of hydrogen-bond acceptors (Lipinski definition) is 3. The third-order valence-electron chi connectivity index (χ3n) is 3.61. The lowest BCUT2D eigenvalue weighted by Gasteiger charge is -2.11. The molecule has 0 amide bonds. The van der Waals surface area contributed by atoms with Crippen LogP contribution in [-0.4, -0.2) is 14.5 Å². The van der Waals surface area contributed by atoms with E-state index in [0.29, 0.717) is 0 Å². The maximum atomic E-state index is 6.30. The van der Waals surface area contributed by atoms with Crippen molar-refractivity contribution in [1.82, 2.24) is 14.5 Å². The van der Waals surface area contributed by atoms with Gasteiger partial charge in [-0.05, 0) is 30.5 Å². The van der Waals surface area contributed by atoms with E-state index in [9.17, 15) is 0 Å². The molecular formula is C16H18N4. The zero-order valence-corrected chi connectivity index (χ0v) is 11.5. The minimum absolute atomic E-state index is 0.0746. The number of aromatic nitrogens is 3. The topological polar surface area (TPSA) is 56.7 Å². The molecule has 0 saturated heterocycles. The Labute approximate surface area is 118 Å². The van der Waals surface area contributed by atoms with Gasteiger partial charge in [-0.25, -0.2) is 9.97 Å². The van der Waals surface area contributed by atoms with E-state index < -0.39 is 0 Å². The van der Waals surface area contributed by atoms with Crippen LogP contribution in [0.2, 0.25) is 0 Å². The number of rotatable bonds is 4. The summed E-state index contributed by atoms with van der Waals surface area (Å²) >= 11 is 0. The van der Waals surface area contributed by atoms with Crippen LogP contribution < -0.4 is 5.73 Å². The minimum atomic E-state index is -0.0746. The number of fused-ring (bicyclic) bond motifs is 1. The molecule has 1 unspecified atom stereocenters. The summed E-state index contributed by atoms with van der Waals surface area (Å²) in [5.74, 6) is 0.898. The first-order valence-corrected chi connectivity index (χ1v) is 6.82. The molecule has 2 aromatic heterocycles. The number of aryl methyl sites for hydroxylation is 2. The Kier molecular flexibility index (Phi) is 3.48. The summed E-state index contributed by atoms with van der Waals surface area (Å²) in [4.78, 5) is 8.83. The molecule has 102 valence electrons. The second-order valence-electron chi connectivity index (χ2n) is 5.01. The fourth-order valence-corrected chi connectivity index (χ4v) is 2.47. The predicted molar refractivity (Wildman–Crippen MR) is 80.2 cm³/mol. The Hall–Kier alpha value is -2.20. The largest absolute Gasteiger partial charge is 0.328 e. The SMILES string of the molecule is Cn1c(C(N)CCc2ccccc2)nc2ncccc21. The van der Waals surface area contributed by atoms with Gasteiger partial charge in [-0.2, -0.15) is 0 Å². The number of nitrogens with two attached hydrogens (primary N) is 1. The van der Waals surface area contributed by atoms with Crippen molar-refractivity contribution >= 4 is 11.2 Å². The molecule has 0 radical (unpaired) electrons. The molecule has 20 heavy (non-hydrogen) atoms. The van der Waals surface area contributed by atoms with Crippen LogP contribution in [0.1, 0.15) is 23.9 Å². The van der Waals surface area contributed by atoms with Crippen LogP contribution in [0.15, 0.2) is 48.7 Å². The predicted octanol–water partition coefficient (Wildman–Crippen LogP) is 2.60. The van der Waals surface area contributed by atoms with Crippen LogP contribution in [0.5, 0.6) is 0 Å². The van der Waals surface area contributed by atoms with Crippen molar-refractivity contribution in [3.63, 3.8) is 0 Å². The van der Waals surface area contributed by atoms with E-state index in [4.69, 9.17) is 5.73 Å². The molecule has 3 aromatic rings. The van der Waals surface area contributed by atoms with Gasteiger partial charge in [0.1, 0.15) is 5.82 Å². The Balaban J connectivity index is 1.79. The molecular weight excluding hydrogens is 248 g/mol. The molecule has 0 aliphatic rings. The fraction of sp³-hybridized carbons (Fsp3) is 0.250. The van der Waals surface area contributed by atoms with Crippen molar-refractivity contribution in [2.45, 2.75) is 18.9 Å². The Morgan fingerprint density at radius 3 is 2.70 bits per heavy atom. The monoisotopic (exact) mass is 266 g/mol. The smallest absolute Gasteiger partial charge is 0.177 e. The molecule has 1 atom stereocenters. The molecule has 3 rings (SSSR count). The first-order valence-electron chi connectivity index (χ1n) is 6.82. The van der Waals surface area contributed by atoms with Gasteiger partial charge < -0.3 is 10.3 Å². The zero-order chi connectivity index (χ0) is 13.9. The Morgan fingerprint density at radius 1 is 1.15 bits per heavy atom. The van der Waals surface area contributed by atoms with Crippen molar-refractivity contribution in [2.75, 3.05) is 0 Å². The van der Waals surface area contributed by atoms with Gasteiger partial charge in [-0.15, -0.1) is 0 Å². The number of imidazole rings is 1. The maximum absolute atomic E-state index is 6.30. The summed E-state index contributed by atoms with van der Waals surface area (Å²) in [6.45, 7) is 0. The summed E-state index contributed by atoms with van der Waals surface area (Å²) in [5, 5.41) is 0. The number of benzene rings is 1. The number of pyridine rings is 1. The molecule has 4 heteroatoms. The highest BCUT2D eigenvalue weighted by Gasteiger charge is 2.15. The van der Waals surface area contributed by atoms with Gasteiger partial charge in [-0.1, -0.05) is 30.3 Å². The minimum Gasteiger partial charge on any atom is -0.328 e. The molecule has 0 fully saturated rings. The second kappa shape index (κ2) is 5.43. The number of hydrogen-bond donors (Lipinski definition) is 1. The van der Waals surface area contributed by atoms with E-state index in [1.54, 1.807) is 6.20 Å². The standard InChI is InChI=1S/C16H18N4/c1-20-14-8-5-11-18-15(14)19-16(20)13(17)10-9-12-6-3-2-4-7-12/h2-8,11,13H,9-10,17H2,1H3. The summed E-state index contributed by atoms with van der Waals surface area (Å²) in [7, 11) is 1.99.